The molecule has 0 atom stereocenters. The molecule has 0 heterocycles. The van der Waals surface area contributed by atoms with E-state index in [9.17, 15) is 0 Å². The van der Waals surface area contributed by atoms with Gasteiger partial charge in [-0.1, -0.05) is 32.8 Å². The first kappa shape index (κ1) is 14.7. The van der Waals surface area contributed by atoms with Crippen molar-refractivity contribution in [2.24, 2.45) is 0 Å². The van der Waals surface area contributed by atoms with Gasteiger partial charge >= 0.3 is 7.12 Å². The van der Waals surface area contributed by atoms with E-state index in [0.717, 1.165) is 38.9 Å². The van der Waals surface area contributed by atoms with E-state index in [1.54, 1.807) is 0 Å². The Kier molecular flexibility index (Phi) is 10.1. The lowest BCUT2D eigenvalue weighted by atomic mass is 9.79. The first-order chi connectivity index (χ1) is 7.26. The SMILES string of the molecule is C/C=C(\C)B(OCCCC)OCCCC. The van der Waals surface area contributed by atoms with Crippen molar-refractivity contribution in [3.05, 3.63) is 11.5 Å². The third-order valence-corrected chi connectivity index (χ3v) is 2.36. The summed E-state index contributed by atoms with van der Waals surface area (Å²) in [5.41, 5.74) is 1.17. The Hall–Kier alpha value is -0.275. The molecule has 0 aromatic heterocycles. The molecule has 0 aromatic rings. The van der Waals surface area contributed by atoms with Crippen molar-refractivity contribution in [1.29, 1.82) is 0 Å². The molecule has 2 nitrogen and oxygen atoms in total. The molecule has 0 unspecified atom stereocenters. The molecule has 0 spiro atoms. The van der Waals surface area contributed by atoms with Crippen molar-refractivity contribution in [1.82, 2.24) is 0 Å². The minimum atomic E-state index is -0.131. The van der Waals surface area contributed by atoms with Crippen LogP contribution in [0.2, 0.25) is 0 Å². The van der Waals surface area contributed by atoms with Crippen LogP contribution in [0.15, 0.2) is 11.5 Å². The van der Waals surface area contributed by atoms with Gasteiger partial charge in [0, 0.05) is 13.2 Å². The summed E-state index contributed by atoms with van der Waals surface area (Å²) < 4.78 is 11.4. The van der Waals surface area contributed by atoms with Crippen LogP contribution in [-0.4, -0.2) is 20.3 Å². The van der Waals surface area contributed by atoms with Crippen molar-refractivity contribution >= 4 is 7.12 Å². The second-order valence-corrected chi connectivity index (χ2v) is 3.81. The van der Waals surface area contributed by atoms with Gasteiger partial charge in [0.25, 0.3) is 0 Å². The average molecular weight is 212 g/mol. The van der Waals surface area contributed by atoms with E-state index in [0.29, 0.717) is 0 Å². The van der Waals surface area contributed by atoms with Gasteiger partial charge in [0.15, 0.2) is 0 Å². The third kappa shape index (κ3) is 7.63. The van der Waals surface area contributed by atoms with E-state index in [1.165, 1.54) is 5.47 Å². The smallest absolute Gasteiger partial charge is 0.408 e. The summed E-state index contributed by atoms with van der Waals surface area (Å²) in [7, 11) is -0.131. The Balaban J connectivity index is 3.85. The van der Waals surface area contributed by atoms with Crippen molar-refractivity contribution in [3.63, 3.8) is 0 Å². The standard InChI is InChI=1S/C12H25BO2/c1-5-8-10-14-13(12(4)7-3)15-11-9-6-2/h7H,5-6,8-11H2,1-4H3/b12-7+. The predicted molar refractivity (Wildman–Crippen MR) is 66.9 cm³/mol. The normalized spacial score (nSPS) is 11.9. The molecule has 0 amide bonds. The van der Waals surface area contributed by atoms with Crippen molar-refractivity contribution in [2.75, 3.05) is 13.2 Å². The molecule has 3 heteroatoms. The van der Waals surface area contributed by atoms with Crippen LogP contribution in [0.25, 0.3) is 0 Å². The van der Waals surface area contributed by atoms with Crippen LogP contribution >= 0.6 is 0 Å². The molecule has 0 N–H and O–H groups in total. The molecule has 0 aromatic carbocycles. The van der Waals surface area contributed by atoms with Crippen LogP contribution < -0.4 is 0 Å². The Labute approximate surface area is 95.2 Å². The van der Waals surface area contributed by atoms with Crippen LogP contribution in [0, 0.1) is 0 Å². The lowest BCUT2D eigenvalue weighted by molar-refractivity contribution is 0.198. The molecule has 0 fully saturated rings. The van der Waals surface area contributed by atoms with Gasteiger partial charge in [-0.05, 0) is 32.2 Å². The average Bonchev–Trinajstić information content (AvgIpc) is 2.26. The van der Waals surface area contributed by atoms with E-state index < -0.39 is 0 Å². The van der Waals surface area contributed by atoms with Crippen LogP contribution in [0.1, 0.15) is 53.4 Å². The van der Waals surface area contributed by atoms with Crippen LogP contribution in [0.3, 0.4) is 0 Å². The van der Waals surface area contributed by atoms with Crippen molar-refractivity contribution in [2.45, 2.75) is 53.4 Å². The second-order valence-electron chi connectivity index (χ2n) is 3.81. The Morgan fingerprint density at radius 3 is 1.87 bits per heavy atom. The van der Waals surface area contributed by atoms with Crippen LogP contribution in [0.4, 0.5) is 0 Å². The molecule has 0 aliphatic rings. The number of unbranched alkanes of at least 4 members (excludes halogenated alkanes) is 2. The lowest BCUT2D eigenvalue weighted by Gasteiger charge is -2.14. The van der Waals surface area contributed by atoms with Crippen molar-refractivity contribution < 1.29 is 9.31 Å². The molecule has 0 saturated carbocycles. The maximum atomic E-state index is 5.69. The predicted octanol–water partition coefficient (Wildman–Crippen LogP) is 3.61. The fraction of sp³-hybridized carbons (Fsp3) is 0.833. The fourth-order valence-electron chi connectivity index (χ4n) is 1.12. The summed E-state index contributed by atoms with van der Waals surface area (Å²) in [6.07, 6.45) is 6.59. The van der Waals surface area contributed by atoms with Gasteiger partial charge in [-0.3, -0.25) is 0 Å². The van der Waals surface area contributed by atoms with Gasteiger partial charge < -0.3 is 9.31 Å². The molecular formula is C12H25BO2. The van der Waals surface area contributed by atoms with Crippen LogP contribution in [-0.2, 0) is 9.31 Å². The zero-order chi connectivity index (χ0) is 11.5. The first-order valence-electron chi connectivity index (χ1n) is 6.12. The fourth-order valence-corrected chi connectivity index (χ4v) is 1.12. The molecule has 0 rings (SSSR count). The van der Waals surface area contributed by atoms with Gasteiger partial charge in [0.2, 0.25) is 0 Å². The highest BCUT2D eigenvalue weighted by molar-refractivity contribution is 6.53. The molecule has 88 valence electrons. The zero-order valence-electron chi connectivity index (χ0n) is 10.7. The molecule has 0 radical (unpaired) electrons. The highest BCUT2D eigenvalue weighted by Crippen LogP contribution is 2.06. The van der Waals surface area contributed by atoms with Gasteiger partial charge in [-0.2, -0.15) is 0 Å². The van der Waals surface area contributed by atoms with Gasteiger partial charge in [-0.15, -0.1) is 0 Å². The summed E-state index contributed by atoms with van der Waals surface area (Å²) in [5, 5.41) is 0. The third-order valence-electron chi connectivity index (χ3n) is 2.36. The maximum absolute atomic E-state index is 5.69. The summed E-state index contributed by atoms with van der Waals surface area (Å²) in [6.45, 7) is 9.99. The van der Waals surface area contributed by atoms with E-state index in [2.05, 4.69) is 26.8 Å². The highest BCUT2D eigenvalue weighted by atomic mass is 16.6. The first-order valence-corrected chi connectivity index (χ1v) is 6.12. The molecule has 0 bridgehead atoms. The van der Waals surface area contributed by atoms with E-state index in [4.69, 9.17) is 9.31 Å². The summed E-state index contributed by atoms with van der Waals surface area (Å²) in [4.78, 5) is 0. The molecule has 15 heavy (non-hydrogen) atoms. The Morgan fingerprint density at radius 2 is 1.53 bits per heavy atom. The number of rotatable bonds is 9. The minimum Gasteiger partial charge on any atom is -0.408 e. The van der Waals surface area contributed by atoms with Gasteiger partial charge in [0.1, 0.15) is 0 Å². The second kappa shape index (κ2) is 10.2. The number of hydrogen-bond acceptors (Lipinski definition) is 2. The topological polar surface area (TPSA) is 18.5 Å². The van der Waals surface area contributed by atoms with Gasteiger partial charge in [0.05, 0.1) is 0 Å². The monoisotopic (exact) mass is 212 g/mol. The van der Waals surface area contributed by atoms with Gasteiger partial charge in [-0.25, -0.2) is 0 Å². The largest absolute Gasteiger partial charge is 0.488 e. The maximum Gasteiger partial charge on any atom is 0.488 e. The Morgan fingerprint density at radius 1 is 1.07 bits per heavy atom. The molecular weight excluding hydrogens is 187 g/mol. The molecule has 0 aliphatic heterocycles. The van der Waals surface area contributed by atoms with E-state index in [-0.39, 0.29) is 7.12 Å². The minimum absolute atomic E-state index is 0.131. The number of allylic oxidation sites excluding steroid dienone is 2. The van der Waals surface area contributed by atoms with Crippen molar-refractivity contribution in [3.8, 4) is 0 Å². The highest BCUT2D eigenvalue weighted by Gasteiger charge is 2.19. The molecule has 0 saturated heterocycles. The quantitative estimate of drug-likeness (QED) is 0.429. The molecule has 0 aliphatic carbocycles. The zero-order valence-corrected chi connectivity index (χ0v) is 10.7. The lowest BCUT2D eigenvalue weighted by Crippen LogP contribution is -2.26. The van der Waals surface area contributed by atoms with E-state index in [1.807, 2.05) is 6.92 Å². The summed E-state index contributed by atoms with van der Waals surface area (Å²) in [6, 6.07) is 0. The summed E-state index contributed by atoms with van der Waals surface area (Å²) in [5.74, 6) is 0. The Bertz CT molecular complexity index is 159. The van der Waals surface area contributed by atoms with Crippen LogP contribution in [0.5, 0.6) is 0 Å². The summed E-state index contributed by atoms with van der Waals surface area (Å²) >= 11 is 0. The number of hydrogen-bond donors (Lipinski definition) is 0. The van der Waals surface area contributed by atoms with E-state index >= 15 is 0 Å².